The van der Waals surface area contributed by atoms with Crippen molar-refractivity contribution in [2.24, 2.45) is 5.92 Å². The molecule has 1 fully saturated rings. The zero-order chi connectivity index (χ0) is 9.84. The highest BCUT2D eigenvalue weighted by atomic mass is 32.2. The van der Waals surface area contributed by atoms with Crippen molar-refractivity contribution in [1.29, 1.82) is 0 Å². The Bertz CT molecular complexity index is 184. The van der Waals surface area contributed by atoms with Gasteiger partial charge in [-0.05, 0) is 5.92 Å². The van der Waals surface area contributed by atoms with E-state index in [0.717, 1.165) is 11.5 Å². The molecule has 3 nitrogen and oxygen atoms in total. The van der Waals surface area contributed by atoms with Crippen molar-refractivity contribution in [3.05, 3.63) is 0 Å². The molecule has 1 aliphatic heterocycles. The van der Waals surface area contributed by atoms with Gasteiger partial charge in [-0.1, -0.05) is 13.8 Å². The van der Waals surface area contributed by atoms with Crippen molar-refractivity contribution < 1.29 is 9.90 Å². The first-order valence-electron chi connectivity index (χ1n) is 4.64. The number of aliphatic hydroxyl groups is 1. The summed E-state index contributed by atoms with van der Waals surface area (Å²) < 4.78 is 0. The number of hydrogen-bond acceptors (Lipinski definition) is 3. The van der Waals surface area contributed by atoms with Crippen molar-refractivity contribution in [1.82, 2.24) is 5.32 Å². The van der Waals surface area contributed by atoms with Crippen LogP contribution in [0.1, 0.15) is 20.3 Å². The predicted octanol–water partition coefficient (Wildman–Crippen LogP) is 0.625. The summed E-state index contributed by atoms with van der Waals surface area (Å²) in [5.41, 5.74) is 0. The van der Waals surface area contributed by atoms with Crippen LogP contribution >= 0.6 is 11.8 Å². The molecule has 0 radical (unpaired) electrons. The van der Waals surface area contributed by atoms with Crippen molar-refractivity contribution in [2.75, 3.05) is 11.5 Å². The molecule has 1 heterocycles. The first-order chi connectivity index (χ1) is 6.09. The van der Waals surface area contributed by atoms with Crippen molar-refractivity contribution in [2.45, 2.75) is 32.4 Å². The third-order valence-corrected chi connectivity index (χ3v) is 3.16. The Morgan fingerprint density at radius 1 is 1.62 bits per heavy atom. The van der Waals surface area contributed by atoms with Gasteiger partial charge < -0.3 is 10.4 Å². The molecule has 76 valence electrons. The highest BCUT2D eigenvalue weighted by Gasteiger charge is 2.26. The molecule has 2 atom stereocenters. The minimum atomic E-state index is -0.360. The number of amides is 1. The van der Waals surface area contributed by atoms with Crippen molar-refractivity contribution in [3.63, 3.8) is 0 Å². The second-order valence-electron chi connectivity index (χ2n) is 3.88. The Hall–Kier alpha value is -0.220. The molecule has 1 rings (SSSR count). The molecule has 4 heteroatoms. The standard InChI is InChI=1S/C9H17NO2S/c1-6(2)3-9(12)10-7-4-13-5-8(7)11/h6-8,11H,3-5H2,1-2H3,(H,10,12). The Morgan fingerprint density at radius 3 is 2.77 bits per heavy atom. The third-order valence-electron chi connectivity index (χ3n) is 1.99. The van der Waals surface area contributed by atoms with Crippen LogP contribution in [0.25, 0.3) is 0 Å². The van der Waals surface area contributed by atoms with Gasteiger partial charge in [-0.3, -0.25) is 4.79 Å². The van der Waals surface area contributed by atoms with Gasteiger partial charge in [0, 0.05) is 17.9 Å². The van der Waals surface area contributed by atoms with Crippen LogP contribution in [0.2, 0.25) is 0 Å². The van der Waals surface area contributed by atoms with Gasteiger partial charge in [-0.2, -0.15) is 11.8 Å². The first-order valence-corrected chi connectivity index (χ1v) is 5.80. The fraction of sp³-hybridized carbons (Fsp3) is 0.889. The second kappa shape index (κ2) is 4.86. The zero-order valence-electron chi connectivity index (χ0n) is 8.12. The van der Waals surface area contributed by atoms with Crippen LogP contribution in [-0.2, 0) is 4.79 Å². The van der Waals surface area contributed by atoms with Gasteiger partial charge in [-0.15, -0.1) is 0 Å². The highest BCUT2D eigenvalue weighted by Crippen LogP contribution is 2.18. The van der Waals surface area contributed by atoms with Crippen molar-refractivity contribution in [3.8, 4) is 0 Å². The third kappa shape index (κ3) is 3.56. The van der Waals surface area contributed by atoms with Crippen LogP contribution in [0.5, 0.6) is 0 Å². The first kappa shape index (κ1) is 10.9. The van der Waals surface area contributed by atoms with Crippen LogP contribution < -0.4 is 5.32 Å². The van der Waals surface area contributed by atoms with Crippen LogP contribution in [-0.4, -0.2) is 34.7 Å². The maximum atomic E-state index is 11.3. The molecule has 2 N–H and O–H groups in total. The average Bonchev–Trinajstić information content (AvgIpc) is 2.34. The van der Waals surface area contributed by atoms with Gasteiger partial charge in [0.05, 0.1) is 12.1 Å². The summed E-state index contributed by atoms with van der Waals surface area (Å²) in [4.78, 5) is 11.3. The number of nitrogens with one attached hydrogen (secondary N) is 1. The molecule has 0 spiro atoms. The van der Waals surface area contributed by atoms with E-state index in [1.165, 1.54) is 0 Å². The summed E-state index contributed by atoms with van der Waals surface area (Å²) in [6.45, 7) is 4.03. The number of carbonyl (C=O) groups is 1. The molecule has 1 saturated heterocycles. The molecule has 1 amide bonds. The van der Waals surface area contributed by atoms with Gasteiger partial charge in [0.15, 0.2) is 0 Å². The van der Waals surface area contributed by atoms with Gasteiger partial charge >= 0.3 is 0 Å². The van der Waals surface area contributed by atoms with E-state index in [1.54, 1.807) is 11.8 Å². The lowest BCUT2D eigenvalue weighted by Crippen LogP contribution is -2.42. The maximum absolute atomic E-state index is 11.3. The summed E-state index contributed by atoms with van der Waals surface area (Å²) in [6.07, 6.45) is 0.189. The maximum Gasteiger partial charge on any atom is 0.220 e. The van der Waals surface area contributed by atoms with Gasteiger partial charge in [0.1, 0.15) is 0 Å². The van der Waals surface area contributed by atoms with Crippen LogP contribution in [0.3, 0.4) is 0 Å². The van der Waals surface area contributed by atoms with E-state index in [2.05, 4.69) is 5.32 Å². The Labute approximate surface area is 83.3 Å². The van der Waals surface area contributed by atoms with E-state index in [1.807, 2.05) is 13.8 Å². The molecule has 1 aliphatic rings. The highest BCUT2D eigenvalue weighted by molar-refractivity contribution is 7.99. The number of thioether (sulfide) groups is 1. The molecular formula is C9H17NO2S. The number of aliphatic hydroxyl groups excluding tert-OH is 1. The minimum Gasteiger partial charge on any atom is -0.390 e. The normalized spacial score (nSPS) is 28.0. The Morgan fingerprint density at radius 2 is 2.31 bits per heavy atom. The summed E-state index contributed by atoms with van der Waals surface area (Å²) >= 11 is 1.69. The molecule has 0 aromatic rings. The predicted molar refractivity (Wildman–Crippen MR) is 54.7 cm³/mol. The van der Waals surface area contributed by atoms with Gasteiger partial charge in [-0.25, -0.2) is 0 Å². The Kier molecular flexibility index (Phi) is 4.06. The topological polar surface area (TPSA) is 49.3 Å². The number of carbonyl (C=O) groups excluding carboxylic acids is 1. The Balaban J connectivity index is 2.27. The number of rotatable bonds is 3. The fourth-order valence-electron chi connectivity index (χ4n) is 1.32. The second-order valence-corrected chi connectivity index (χ2v) is 4.95. The molecule has 13 heavy (non-hydrogen) atoms. The van der Waals surface area contributed by atoms with E-state index in [0.29, 0.717) is 12.3 Å². The molecule has 2 unspecified atom stereocenters. The van der Waals surface area contributed by atoms with E-state index < -0.39 is 0 Å². The van der Waals surface area contributed by atoms with Crippen LogP contribution in [0.4, 0.5) is 0 Å². The van der Waals surface area contributed by atoms with Gasteiger partial charge in [0.25, 0.3) is 0 Å². The molecule has 0 bridgehead atoms. The SMILES string of the molecule is CC(C)CC(=O)NC1CSCC1O. The zero-order valence-corrected chi connectivity index (χ0v) is 8.93. The molecular weight excluding hydrogens is 186 g/mol. The fourth-order valence-corrected chi connectivity index (χ4v) is 2.49. The van der Waals surface area contributed by atoms with Crippen molar-refractivity contribution >= 4 is 17.7 Å². The lowest BCUT2D eigenvalue weighted by molar-refractivity contribution is -0.122. The molecule has 0 aromatic heterocycles. The largest absolute Gasteiger partial charge is 0.390 e. The molecule has 0 aliphatic carbocycles. The smallest absolute Gasteiger partial charge is 0.220 e. The minimum absolute atomic E-state index is 0.0313. The van der Waals surface area contributed by atoms with E-state index in [9.17, 15) is 9.90 Å². The van der Waals surface area contributed by atoms with E-state index >= 15 is 0 Å². The molecule has 0 saturated carbocycles. The lowest BCUT2D eigenvalue weighted by Gasteiger charge is -2.16. The molecule has 0 aromatic carbocycles. The monoisotopic (exact) mass is 203 g/mol. The van der Waals surface area contributed by atoms with E-state index in [4.69, 9.17) is 0 Å². The lowest BCUT2D eigenvalue weighted by atomic mass is 10.1. The average molecular weight is 203 g/mol. The van der Waals surface area contributed by atoms with E-state index in [-0.39, 0.29) is 18.1 Å². The summed E-state index contributed by atoms with van der Waals surface area (Å²) in [7, 11) is 0. The number of hydrogen-bond donors (Lipinski definition) is 2. The van der Waals surface area contributed by atoms with Crippen LogP contribution in [0, 0.1) is 5.92 Å². The summed E-state index contributed by atoms with van der Waals surface area (Å²) in [5.74, 6) is 2.02. The van der Waals surface area contributed by atoms with Crippen LogP contribution in [0.15, 0.2) is 0 Å². The quantitative estimate of drug-likeness (QED) is 0.707. The van der Waals surface area contributed by atoms with Gasteiger partial charge in [0.2, 0.25) is 5.91 Å². The summed E-state index contributed by atoms with van der Waals surface area (Å²) in [5, 5.41) is 12.3. The summed E-state index contributed by atoms with van der Waals surface area (Å²) in [6, 6.07) is -0.0313.